The lowest BCUT2D eigenvalue weighted by molar-refractivity contribution is -0.129. The van der Waals surface area contributed by atoms with Crippen molar-refractivity contribution in [2.45, 2.75) is 44.6 Å². The smallest absolute Gasteiger partial charge is 0.290 e. The Kier molecular flexibility index (Phi) is 9.38. The van der Waals surface area contributed by atoms with Gasteiger partial charge in [-0.25, -0.2) is 13.9 Å². The Balaban J connectivity index is 3.19. The van der Waals surface area contributed by atoms with Crippen molar-refractivity contribution in [2.75, 3.05) is 0 Å². The third-order valence-corrected chi connectivity index (χ3v) is 5.79. The summed E-state index contributed by atoms with van der Waals surface area (Å²) < 4.78 is 27.8. The molecule has 0 aliphatic rings. The summed E-state index contributed by atoms with van der Waals surface area (Å²) in [6, 6.07) is 2.63. The number of hydroxylamine groups is 1. The van der Waals surface area contributed by atoms with Gasteiger partial charge in [0, 0.05) is 10.0 Å². The average Bonchev–Trinajstić information content (AvgIpc) is 2.63. The number of allylic oxidation sites excluding steroid dienone is 1. The predicted octanol–water partition coefficient (Wildman–Crippen LogP) is 2.60. The number of rotatable bonds is 9. The molecule has 0 aliphatic heterocycles. The van der Waals surface area contributed by atoms with Crippen LogP contribution in [0.1, 0.15) is 33.6 Å². The molecule has 0 saturated heterocycles. The molecule has 28 heavy (non-hydrogen) atoms. The lowest BCUT2D eigenvalue weighted by atomic mass is 9.99. The molecule has 0 bridgehead atoms. The van der Waals surface area contributed by atoms with E-state index in [0.717, 1.165) is 0 Å². The number of hydrogen-bond acceptors (Lipinski definition) is 5. The van der Waals surface area contributed by atoms with Gasteiger partial charge in [0.25, 0.3) is 5.91 Å². The lowest BCUT2D eigenvalue weighted by Gasteiger charge is -2.24. The lowest BCUT2D eigenvalue weighted by Crippen LogP contribution is -2.51. The molecule has 1 aromatic rings. The average molecular weight is 452 g/mol. The second-order valence-corrected chi connectivity index (χ2v) is 8.63. The molecule has 0 heterocycles. The molecule has 2 atom stereocenters. The van der Waals surface area contributed by atoms with Gasteiger partial charge in [-0.15, -0.1) is 0 Å². The third kappa shape index (κ3) is 6.75. The van der Waals surface area contributed by atoms with Gasteiger partial charge in [0.05, 0.1) is 4.90 Å². The Hall–Kier alpha value is -1.65. The first kappa shape index (κ1) is 24.4. The van der Waals surface area contributed by atoms with E-state index in [1.807, 2.05) is 0 Å². The standard InChI is InChI=1S/C17H23Cl2N3O5S/c1-4-6-14(16(23)21-25)20-17(24)15(10(3)5-2)22-28(26,27)13-8-11(18)7-12(19)9-13/h6-10,15,22,25H,4-5H2,1-3H3,(H,20,24)(H,21,23)/b14-6+/t10-,15-/m0/s1. The van der Waals surface area contributed by atoms with E-state index >= 15 is 0 Å². The number of halogens is 2. The minimum Gasteiger partial charge on any atom is -0.320 e. The van der Waals surface area contributed by atoms with E-state index in [9.17, 15) is 18.0 Å². The Bertz CT molecular complexity index is 838. The van der Waals surface area contributed by atoms with Gasteiger partial charge in [0.1, 0.15) is 11.7 Å². The second kappa shape index (κ2) is 10.8. The van der Waals surface area contributed by atoms with Gasteiger partial charge in [0.15, 0.2) is 0 Å². The van der Waals surface area contributed by atoms with Crippen LogP contribution in [0.2, 0.25) is 10.0 Å². The van der Waals surface area contributed by atoms with E-state index in [1.54, 1.807) is 20.8 Å². The van der Waals surface area contributed by atoms with Crippen molar-refractivity contribution in [1.82, 2.24) is 15.5 Å². The van der Waals surface area contributed by atoms with Crippen molar-refractivity contribution in [1.29, 1.82) is 0 Å². The minimum absolute atomic E-state index is 0.130. The highest BCUT2D eigenvalue weighted by atomic mass is 35.5. The Morgan fingerprint density at radius 1 is 1.18 bits per heavy atom. The fraction of sp³-hybridized carbons (Fsp3) is 0.412. The SMILES string of the molecule is CC/C=C(/NC(=O)[C@@H](NS(=O)(=O)c1cc(Cl)cc(Cl)c1)[C@@H](C)CC)C(=O)NO. The first-order valence-electron chi connectivity index (χ1n) is 8.49. The van der Waals surface area contributed by atoms with Crippen molar-refractivity contribution in [3.8, 4) is 0 Å². The third-order valence-electron chi connectivity index (χ3n) is 3.94. The maximum atomic E-state index is 12.7. The van der Waals surface area contributed by atoms with Gasteiger partial charge in [-0.2, -0.15) is 4.72 Å². The fourth-order valence-electron chi connectivity index (χ4n) is 2.26. The normalized spacial score (nSPS) is 14.3. The van der Waals surface area contributed by atoms with Gasteiger partial charge in [-0.3, -0.25) is 14.8 Å². The number of sulfonamides is 1. The van der Waals surface area contributed by atoms with E-state index in [0.29, 0.717) is 12.8 Å². The zero-order chi connectivity index (χ0) is 21.5. The highest BCUT2D eigenvalue weighted by Crippen LogP contribution is 2.23. The molecule has 0 spiro atoms. The molecule has 0 fully saturated rings. The van der Waals surface area contributed by atoms with Crippen LogP contribution in [0.15, 0.2) is 34.9 Å². The highest BCUT2D eigenvalue weighted by molar-refractivity contribution is 7.89. The molecule has 0 unspecified atom stereocenters. The van der Waals surface area contributed by atoms with Crippen molar-refractivity contribution in [2.24, 2.45) is 5.92 Å². The van der Waals surface area contributed by atoms with Gasteiger partial charge < -0.3 is 5.32 Å². The molecule has 0 aliphatic carbocycles. The summed E-state index contributed by atoms with van der Waals surface area (Å²) in [4.78, 5) is 24.2. The first-order valence-corrected chi connectivity index (χ1v) is 10.7. The van der Waals surface area contributed by atoms with Crippen molar-refractivity contribution >= 4 is 45.0 Å². The van der Waals surface area contributed by atoms with E-state index in [2.05, 4.69) is 10.0 Å². The van der Waals surface area contributed by atoms with Crippen LogP contribution in [0.3, 0.4) is 0 Å². The molecule has 11 heteroatoms. The molecule has 1 rings (SSSR count). The van der Waals surface area contributed by atoms with Gasteiger partial charge in [0.2, 0.25) is 15.9 Å². The van der Waals surface area contributed by atoms with Crippen LogP contribution in [-0.2, 0) is 19.6 Å². The van der Waals surface area contributed by atoms with E-state index in [1.165, 1.54) is 29.8 Å². The highest BCUT2D eigenvalue weighted by Gasteiger charge is 2.31. The van der Waals surface area contributed by atoms with Crippen LogP contribution >= 0.6 is 23.2 Å². The van der Waals surface area contributed by atoms with Crippen molar-refractivity contribution in [3.63, 3.8) is 0 Å². The number of nitrogens with one attached hydrogen (secondary N) is 3. The van der Waals surface area contributed by atoms with Crippen LogP contribution in [0, 0.1) is 5.92 Å². The molecule has 156 valence electrons. The molecule has 4 N–H and O–H groups in total. The zero-order valence-electron chi connectivity index (χ0n) is 15.6. The number of amides is 2. The number of carbonyl (C=O) groups excluding carboxylic acids is 2. The summed E-state index contributed by atoms with van der Waals surface area (Å²) in [6.07, 6.45) is 2.28. The van der Waals surface area contributed by atoms with Gasteiger partial charge in [-0.05, 0) is 30.5 Å². The maximum Gasteiger partial charge on any atom is 0.290 e. The molecule has 2 amide bonds. The van der Waals surface area contributed by atoms with Gasteiger partial charge >= 0.3 is 0 Å². The van der Waals surface area contributed by atoms with E-state index in [4.69, 9.17) is 28.4 Å². The number of hydrogen-bond donors (Lipinski definition) is 4. The monoisotopic (exact) mass is 451 g/mol. The van der Waals surface area contributed by atoms with Crippen LogP contribution in [-0.4, -0.2) is 31.5 Å². The summed E-state index contributed by atoms with van der Waals surface area (Å²) in [7, 11) is -4.13. The Morgan fingerprint density at radius 3 is 2.21 bits per heavy atom. The van der Waals surface area contributed by atoms with E-state index < -0.39 is 33.8 Å². The molecule has 1 aromatic carbocycles. The molecule has 0 radical (unpaired) electrons. The molecular weight excluding hydrogens is 429 g/mol. The zero-order valence-corrected chi connectivity index (χ0v) is 18.0. The summed E-state index contributed by atoms with van der Waals surface area (Å²) in [5.74, 6) is -2.05. The quantitative estimate of drug-likeness (QED) is 0.261. The van der Waals surface area contributed by atoms with Crippen molar-refractivity contribution < 1.29 is 23.2 Å². The predicted molar refractivity (Wildman–Crippen MR) is 106 cm³/mol. The van der Waals surface area contributed by atoms with Crippen LogP contribution < -0.4 is 15.5 Å². The summed E-state index contributed by atoms with van der Waals surface area (Å²) >= 11 is 11.7. The summed E-state index contributed by atoms with van der Waals surface area (Å²) in [5.41, 5.74) is 1.25. The second-order valence-electron chi connectivity index (χ2n) is 6.05. The molecule has 0 aromatic heterocycles. The summed E-state index contributed by atoms with van der Waals surface area (Å²) in [6.45, 7) is 5.21. The van der Waals surface area contributed by atoms with Crippen molar-refractivity contribution in [3.05, 3.63) is 40.0 Å². The Labute approximate surface area is 174 Å². The number of benzene rings is 1. The largest absolute Gasteiger partial charge is 0.320 e. The molecule has 0 saturated carbocycles. The van der Waals surface area contributed by atoms with Crippen LogP contribution in [0.4, 0.5) is 0 Å². The van der Waals surface area contributed by atoms with Crippen LogP contribution in [0.25, 0.3) is 0 Å². The maximum absolute atomic E-state index is 12.7. The minimum atomic E-state index is -4.13. The summed E-state index contributed by atoms with van der Waals surface area (Å²) in [5, 5.41) is 11.4. The fourth-order valence-corrected chi connectivity index (χ4v) is 4.29. The number of carbonyl (C=O) groups is 2. The van der Waals surface area contributed by atoms with E-state index in [-0.39, 0.29) is 20.6 Å². The molecule has 8 nitrogen and oxygen atoms in total. The van der Waals surface area contributed by atoms with Gasteiger partial charge in [-0.1, -0.05) is 56.5 Å². The first-order chi connectivity index (χ1) is 13.0. The topological polar surface area (TPSA) is 125 Å². The molecular formula is C17H23Cl2N3O5S. The van der Waals surface area contributed by atoms with Crippen LogP contribution in [0.5, 0.6) is 0 Å². The Morgan fingerprint density at radius 2 is 1.75 bits per heavy atom.